The Morgan fingerprint density at radius 2 is 1.76 bits per heavy atom. The molecule has 2 fully saturated rings. The molecule has 0 saturated carbocycles. The first-order valence-electron chi connectivity index (χ1n) is 7.63. The summed E-state index contributed by atoms with van der Waals surface area (Å²) >= 11 is 12.2. The van der Waals surface area contributed by atoms with Crippen molar-refractivity contribution >= 4 is 23.2 Å². The minimum absolute atomic E-state index is 0.207. The predicted octanol–water partition coefficient (Wildman–Crippen LogP) is 3.78. The summed E-state index contributed by atoms with van der Waals surface area (Å²) in [5, 5.41) is 4.67. The van der Waals surface area contributed by atoms with Crippen molar-refractivity contribution in [2.24, 2.45) is 11.8 Å². The zero-order valence-electron chi connectivity index (χ0n) is 12.0. The summed E-state index contributed by atoms with van der Waals surface area (Å²) in [5.74, 6) is 1.86. The maximum Gasteiger partial charge on any atom is 0.122 e. The third-order valence-corrected chi connectivity index (χ3v) is 4.84. The van der Waals surface area contributed by atoms with Gasteiger partial charge in [-0.15, -0.1) is 0 Å². The Kier molecular flexibility index (Phi) is 5.28. The number of benzene rings is 1. The largest absolute Gasteiger partial charge is 0.490 e. The van der Waals surface area contributed by atoms with Gasteiger partial charge in [-0.2, -0.15) is 0 Å². The number of hydrogen-bond acceptors (Lipinski definition) is 3. The molecule has 2 aliphatic heterocycles. The fraction of sp³-hybridized carbons (Fsp3) is 0.625. The third-order valence-electron chi connectivity index (χ3n) is 4.40. The van der Waals surface area contributed by atoms with E-state index in [1.807, 2.05) is 12.1 Å². The highest BCUT2D eigenvalue weighted by atomic mass is 35.5. The molecule has 0 amide bonds. The van der Waals surface area contributed by atoms with Crippen LogP contribution < -0.4 is 10.1 Å². The third kappa shape index (κ3) is 4.04. The molecule has 0 bridgehead atoms. The molecule has 1 aromatic rings. The summed E-state index contributed by atoms with van der Waals surface area (Å²) in [5.41, 5.74) is 0. The predicted molar refractivity (Wildman–Crippen MR) is 85.4 cm³/mol. The van der Waals surface area contributed by atoms with Gasteiger partial charge in [-0.1, -0.05) is 23.2 Å². The van der Waals surface area contributed by atoms with Crippen LogP contribution in [0.25, 0.3) is 0 Å². The number of halogens is 2. The van der Waals surface area contributed by atoms with Gasteiger partial charge in [0.15, 0.2) is 0 Å². The lowest BCUT2D eigenvalue weighted by molar-refractivity contribution is -0.00133. The molecule has 0 spiro atoms. The van der Waals surface area contributed by atoms with Gasteiger partial charge in [0.25, 0.3) is 0 Å². The number of ether oxygens (including phenoxy) is 2. The van der Waals surface area contributed by atoms with Gasteiger partial charge in [0, 0.05) is 41.6 Å². The summed E-state index contributed by atoms with van der Waals surface area (Å²) < 4.78 is 11.8. The molecule has 0 radical (unpaired) electrons. The van der Waals surface area contributed by atoms with E-state index < -0.39 is 0 Å². The van der Waals surface area contributed by atoms with Crippen LogP contribution in [-0.4, -0.2) is 32.4 Å². The van der Waals surface area contributed by atoms with Crippen molar-refractivity contribution in [2.45, 2.75) is 25.4 Å². The lowest BCUT2D eigenvalue weighted by Gasteiger charge is -2.34. The van der Waals surface area contributed by atoms with Gasteiger partial charge in [-0.05, 0) is 44.0 Å². The summed E-state index contributed by atoms with van der Waals surface area (Å²) in [7, 11) is 0. The molecule has 0 aliphatic carbocycles. The highest BCUT2D eigenvalue weighted by Gasteiger charge is 2.34. The monoisotopic (exact) mass is 329 g/mol. The Hall–Kier alpha value is -0.480. The van der Waals surface area contributed by atoms with Crippen LogP contribution in [0.1, 0.15) is 19.3 Å². The smallest absolute Gasteiger partial charge is 0.122 e. The molecule has 2 aliphatic rings. The Morgan fingerprint density at radius 3 is 2.38 bits per heavy atom. The topological polar surface area (TPSA) is 30.5 Å². The lowest BCUT2D eigenvalue weighted by Crippen LogP contribution is -2.39. The Labute approximate surface area is 135 Å². The van der Waals surface area contributed by atoms with Gasteiger partial charge in [0.1, 0.15) is 11.9 Å². The van der Waals surface area contributed by atoms with Crippen molar-refractivity contribution in [3.05, 3.63) is 28.2 Å². The van der Waals surface area contributed by atoms with Gasteiger partial charge in [0.2, 0.25) is 0 Å². The molecule has 21 heavy (non-hydrogen) atoms. The Morgan fingerprint density at radius 1 is 1.05 bits per heavy atom. The molecule has 2 heterocycles. The van der Waals surface area contributed by atoms with E-state index in [0.29, 0.717) is 21.9 Å². The first kappa shape index (κ1) is 15.4. The van der Waals surface area contributed by atoms with Crippen molar-refractivity contribution in [3.63, 3.8) is 0 Å². The quantitative estimate of drug-likeness (QED) is 0.911. The van der Waals surface area contributed by atoms with E-state index in [2.05, 4.69) is 5.32 Å². The van der Waals surface area contributed by atoms with Crippen LogP contribution in [0.4, 0.5) is 0 Å². The van der Waals surface area contributed by atoms with Crippen LogP contribution >= 0.6 is 23.2 Å². The number of rotatable bonds is 4. The van der Waals surface area contributed by atoms with E-state index in [9.17, 15) is 0 Å². The van der Waals surface area contributed by atoms with Crippen molar-refractivity contribution in [1.29, 1.82) is 0 Å². The molecule has 0 aromatic heterocycles. The van der Waals surface area contributed by atoms with Crippen LogP contribution in [0.3, 0.4) is 0 Å². The highest BCUT2D eigenvalue weighted by molar-refractivity contribution is 6.34. The van der Waals surface area contributed by atoms with Gasteiger partial charge in [-0.25, -0.2) is 0 Å². The van der Waals surface area contributed by atoms with Crippen molar-refractivity contribution in [3.8, 4) is 5.75 Å². The number of nitrogens with one attached hydrogen (secondary N) is 1. The normalized spacial score (nSPS) is 25.0. The standard InChI is InChI=1S/C16H21Cl2NO2/c17-13-7-14(18)9-15(8-13)21-16(12-1-4-19-10-12)11-2-5-20-6-3-11/h7-9,11-12,16,19H,1-6,10H2/t12-,16-/m1/s1. The van der Waals surface area contributed by atoms with Crippen LogP contribution in [0.2, 0.25) is 10.0 Å². The molecule has 5 heteroatoms. The van der Waals surface area contributed by atoms with Gasteiger partial charge >= 0.3 is 0 Å². The molecule has 3 nitrogen and oxygen atoms in total. The van der Waals surface area contributed by atoms with Crippen molar-refractivity contribution in [1.82, 2.24) is 5.32 Å². The first-order valence-corrected chi connectivity index (χ1v) is 8.39. The lowest BCUT2D eigenvalue weighted by atomic mass is 9.85. The van der Waals surface area contributed by atoms with E-state index in [1.165, 1.54) is 0 Å². The maximum absolute atomic E-state index is 6.34. The Bertz CT molecular complexity index is 451. The average Bonchev–Trinajstić information content (AvgIpc) is 2.98. The molecule has 1 N–H and O–H groups in total. The van der Waals surface area contributed by atoms with E-state index in [1.54, 1.807) is 6.07 Å². The number of hydrogen-bond donors (Lipinski definition) is 1. The molecule has 2 saturated heterocycles. The van der Waals surface area contributed by atoms with E-state index in [0.717, 1.165) is 51.3 Å². The van der Waals surface area contributed by atoms with Gasteiger partial charge in [0.05, 0.1) is 0 Å². The fourth-order valence-electron chi connectivity index (χ4n) is 3.33. The molecule has 1 aromatic carbocycles. The molecular weight excluding hydrogens is 309 g/mol. The minimum Gasteiger partial charge on any atom is -0.490 e. The molecule has 2 atom stereocenters. The fourth-order valence-corrected chi connectivity index (χ4v) is 3.84. The minimum atomic E-state index is 0.207. The SMILES string of the molecule is Clc1cc(Cl)cc(O[C@H](C2CCOCC2)[C@@H]2CCNC2)c1. The van der Waals surface area contributed by atoms with Gasteiger partial charge in [-0.3, -0.25) is 0 Å². The zero-order chi connectivity index (χ0) is 14.7. The molecule has 3 rings (SSSR count). The summed E-state index contributed by atoms with van der Waals surface area (Å²) in [4.78, 5) is 0. The van der Waals surface area contributed by atoms with Crippen LogP contribution in [0, 0.1) is 11.8 Å². The summed E-state index contributed by atoms with van der Waals surface area (Å²) in [6, 6.07) is 5.43. The van der Waals surface area contributed by atoms with Crippen molar-refractivity contribution in [2.75, 3.05) is 26.3 Å². The first-order chi connectivity index (χ1) is 10.2. The van der Waals surface area contributed by atoms with E-state index >= 15 is 0 Å². The average molecular weight is 330 g/mol. The van der Waals surface area contributed by atoms with E-state index in [-0.39, 0.29) is 6.10 Å². The van der Waals surface area contributed by atoms with Crippen LogP contribution in [0.5, 0.6) is 5.75 Å². The second-order valence-electron chi connectivity index (χ2n) is 5.89. The van der Waals surface area contributed by atoms with Gasteiger partial charge < -0.3 is 14.8 Å². The van der Waals surface area contributed by atoms with Crippen LogP contribution in [0.15, 0.2) is 18.2 Å². The second-order valence-corrected chi connectivity index (χ2v) is 6.76. The molecule has 0 unspecified atom stereocenters. The molecular formula is C16H21Cl2NO2. The maximum atomic E-state index is 6.34. The van der Waals surface area contributed by atoms with Crippen molar-refractivity contribution < 1.29 is 9.47 Å². The van der Waals surface area contributed by atoms with Crippen LogP contribution in [-0.2, 0) is 4.74 Å². The summed E-state index contributed by atoms with van der Waals surface area (Å²) in [6.45, 7) is 3.77. The highest BCUT2D eigenvalue weighted by Crippen LogP contribution is 2.33. The zero-order valence-corrected chi connectivity index (χ0v) is 13.5. The summed E-state index contributed by atoms with van der Waals surface area (Å²) in [6.07, 6.45) is 3.50. The second kappa shape index (κ2) is 7.19. The Balaban J connectivity index is 1.77. The van der Waals surface area contributed by atoms with E-state index in [4.69, 9.17) is 32.7 Å². The molecule has 116 valence electrons.